The highest BCUT2D eigenvalue weighted by Gasteiger charge is 2.27. The second kappa shape index (κ2) is 8.73. The predicted octanol–water partition coefficient (Wildman–Crippen LogP) is 3.02. The molecule has 2 aliphatic rings. The summed E-state index contributed by atoms with van der Waals surface area (Å²) in [7, 11) is 0. The lowest BCUT2D eigenvalue weighted by Crippen LogP contribution is -2.37. The molecule has 3 heterocycles. The zero-order valence-corrected chi connectivity index (χ0v) is 17.4. The molecule has 1 unspecified atom stereocenters. The van der Waals surface area contributed by atoms with Crippen molar-refractivity contribution in [2.45, 2.75) is 44.8 Å². The van der Waals surface area contributed by atoms with E-state index >= 15 is 0 Å². The first-order chi connectivity index (χ1) is 13.6. The number of nitrogens with zero attached hydrogens (tertiary/aromatic N) is 1. The van der Waals surface area contributed by atoms with E-state index in [-0.39, 0.29) is 18.6 Å². The Balaban J connectivity index is 1.44. The molecule has 2 aromatic rings. The van der Waals surface area contributed by atoms with Gasteiger partial charge in [0.1, 0.15) is 5.00 Å². The molecule has 3 N–H and O–H groups in total. The zero-order chi connectivity index (χ0) is 19.5. The number of anilines is 1. The summed E-state index contributed by atoms with van der Waals surface area (Å²) in [4.78, 5) is 29.3. The van der Waals surface area contributed by atoms with E-state index in [1.165, 1.54) is 21.1 Å². The predicted molar refractivity (Wildman–Crippen MR) is 112 cm³/mol. The van der Waals surface area contributed by atoms with E-state index in [9.17, 15) is 9.59 Å². The van der Waals surface area contributed by atoms with Gasteiger partial charge in [-0.1, -0.05) is 6.07 Å². The molecule has 0 spiro atoms. The molecule has 4 rings (SSSR count). The Morgan fingerprint density at radius 3 is 2.93 bits per heavy atom. The minimum absolute atomic E-state index is 0.114. The van der Waals surface area contributed by atoms with Crippen LogP contribution in [0.3, 0.4) is 0 Å². The molecule has 6 nitrogen and oxygen atoms in total. The molecule has 28 heavy (non-hydrogen) atoms. The van der Waals surface area contributed by atoms with Gasteiger partial charge < -0.3 is 15.8 Å². The first-order valence-electron chi connectivity index (χ1n) is 9.70. The fourth-order valence-corrected chi connectivity index (χ4v) is 6.06. The summed E-state index contributed by atoms with van der Waals surface area (Å²) in [6.07, 6.45) is 5.16. The van der Waals surface area contributed by atoms with Crippen molar-refractivity contribution < 1.29 is 14.3 Å². The number of ether oxygens (including phenoxy) is 1. The summed E-state index contributed by atoms with van der Waals surface area (Å²) in [5.74, 6) is -0.568. The third-order valence-corrected chi connectivity index (χ3v) is 7.30. The van der Waals surface area contributed by atoms with Crippen LogP contribution in [0.15, 0.2) is 17.5 Å². The molecule has 2 aromatic heterocycles. The SMILES string of the molecule is NC(=O)c1c(NC(=O)CN(Cc2cccs2)CC2CCCO2)sc2c1CCC2. The van der Waals surface area contributed by atoms with Crippen LogP contribution in [0.25, 0.3) is 0 Å². The Labute approximate surface area is 172 Å². The molecule has 150 valence electrons. The number of nitrogens with two attached hydrogens (primary N) is 1. The number of thiophene rings is 2. The van der Waals surface area contributed by atoms with Gasteiger partial charge in [0.05, 0.1) is 18.2 Å². The zero-order valence-electron chi connectivity index (χ0n) is 15.7. The number of aryl methyl sites for hydroxylation is 1. The van der Waals surface area contributed by atoms with Gasteiger partial charge in [-0.3, -0.25) is 14.5 Å². The first kappa shape index (κ1) is 19.6. The van der Waals surface area contributed by atoms with Crippen LogP contribution in [0.4, 0.5) is 5.00 Å². The third-order valence-electron chi connectivity index (χ3n) is 5.23. The lowest BCUT2D eigenvalue weighted by atomic mass is 10.1. The summed E-state index contributed by atoms with van der Waals surface area (Å²) < 4.78 is 5.77. The van der Waals surface area contributed by atoms with Crippen molar-refractivity contribution in [2.24, 2.45) is 5.73 Å². The van der Waals surface area contributed by atoms with Crippen LogP contribution in [0.2, 0.25) is 0 Å². The maximum atomic E-state index is 12.8. The van der Waals surface area contributed by atoms with E-state index in [1.54, 1.807) is 11.3 Å². The van der Waals surface area contributed by atoms with Crippen LogP contribution >= 0.6 is 22.7 Å². The minimum Gasteiger partial charge on any atom is -0.377 e. The fraction of sp³-hybridized carbons (Fsp3) is 0.500. The number of fused-ring (bicyclic) bond motifs is 1. The van der Waals surface area contributed by atoms with Crippen molar-refractivity contribution in [3.05, 3.63) is 38.4 Å². The molecular weight excluding hydrogens is 394 g/mol. The smallest absolute Gasteiger partial charge is 0.251 e. The highest BCUT2D eigenvalue weighted by atomic mass is 32.1. The second-order valence-electron chi connectivity index (χ2n) is 7.36. The van der Waals surface area contributed by atoms with Crippen LogP contribution < -0.4 is 11.1 Å². The van der Waals surface area contributed by atoms with Crippen LogP contribution in [-0.4, -0.2) is 42.5 Å². The van der Waals surface area contributed by atoms with Crippen LogP contribution in [-0.2, 0) is 28.9 Å². The number of carbonyl (C=O) groups excluding carboxylic acids is 2. The number of carbonyl (C=O) groups is 2. The normalized spacial score (nSPS) is 18.5. The molecule has 0 saturated carbocycles. The van der Waals surface area contributed by atoms with Gasteiger partial charge in [0, 0.05) is 29.5 Å². The van der Waals surface area contributed by atoms with Gasteiger partial charge in [0.15, 0.2) is 0 Å². The van der Waals surface area contributed by atoms with Gasteiger partial charge in [-0.05, 0) is 49.1 Å². The van der Waals surface area contributed by atoms with Gasteiger partial charge in [-0.2, -0.15) is 0 Å². The summed E-state index contributed by atoms with van der Waals surface area (Å²) >= 11 is 3.19. The van der Waals surface area contributed by atoms with Crippen molar-refractivity contribution in [3.63, 3.8) is 0 Å². The first-order valence-corrected chi connectivity index (χ1v) is 11.4. The Morgan fingerprint density at radius 2 is 2.21 bits per heavy atom. The van der Waals surface area contributed by atoms with Crippen molar-refractivity contribution in [1.82, 2.24) is 4.90 Å². The van der Waals surface area contributed by atoms with Gasteiger partial charge >= 0.3 is 0 Å². The number of hydrogen-bond donors (Lipinski definition) is 2. The van der Waals surface area contributed by atoms with Crippen LogP contribution in [0.1, 0.15) is 44.9 Å². The van der Waals surface area contributed by atoms with Crippen LogP contribution in [0.5, 0.6) is 0 Å². The fourth-order valence-electron chi connectivity index (χ4n) is 4.01. The number of rotatable bonds is 8. The lowest BCUT2D eigenvalue weighted by molar-refractivity contribution is -0.117. The number of nitrogens with one attached hydrogen (secondary N) is 1. The van der Waals surface area contributed by atoms with E-state index in [2.05, 4.69) is 16.3 Å². The van der Waals surface area contributed by atoms with E-state index in [4.69, 9.17) is 10.5 Å². The highest BCUT2D eigenvalue weighted by molar-refractivity contribution is 7.17. The molecule has 2 amide bonds. The highest BCUT2D eigenvalue weighted by Crippen LogP contribution is 2.38. The standard InChI is InChI=1S/C20H25N3O3S2/c21-19(25)18-15-6-1-7-16(15)28-20(18)22-17(24)12-23(10-13-4-2-8-26-13)11-14-5-3-9-27-14/h3,5,9,13H,1-2,4,6-8,10-12H2,(H2,21,25)(H,22,24). The quantitative estimate of drug-likeness (QED) is 0.689. The Kier molecular flexibility index (Phi) is 6.10. The summed E-state index contributed by atoms with van der Waals surface area (Å²) in [6.45, 7) is 2.51. The van der Waals surface area contributed by atoms with Gasteiger partial charge in [-0.25, -0.2) is 0 Å². The lowest BCUT2D eigenvalue weighted by Gasteiger charge is -2.24. The Bertz CT molecular complexity index is 841. The average molecular weight is 420 g/mol. The minimum atomic E-state index is -0.454. The summed E-state index contributed by atoms with van der Waals surface area (Å²) in [6, 6.07) is 4.11. The largest absolute Gasteiger partial charge is 0.377 e. The maximum Gasteiger partial charge on any atom is 0.251 e. The number of hydrogen-bond acceptors (Lipinski definition) is 6. The molecule has 0 bridgehead atoms. The summed E-state index contributed by atoms with van der Waals surface area (Å²) in [5.41, 5.74) is 7.14. The maximum absolute atomic E-state index is 12.8. The topological polar surface area (TPSA) is 84.7 Å². The second-order valence-corrected chi connectivity index (χ2v) is 9.50. The summed E-state index contributed by atoms with van der Waals surface area (Å²) in [5, 5.41) is 5.61. The van der Waals surface area contributed by atoms with E-state index in [1.807, 2.05) is 11.4 Å². The molecule has 1 saturated heterocycles. The van der Waals surface area contributed by atoms with E-state index in [0.29, 0.717) is 17.1 Å². The Morgan fingerprint density at radius 1 is 1.32 bits per heavy atom. The molecule has 8 heteroatoms. The molecule has 1 aliphatic carbocycles. The molecule has 1 fully saturated rings. The molecular formula is C20H25N3O3S2. The monoisotopic (exact) mass is 419 g/mol. The number of amides is 2. The van der Waals surface area contributed by atoms with E-state index in [0.717, 1.165) is 50.8 Å². The number of primary amides is 1. The molecule has 0 aromatic carbocycles. The van der Waals surface area contributed by atoms with Crippen molar-refractivity contribution >= 4 is 39.5 Å². The molecule has 1 aliphatic heterocycles. The van der Waals surface area contributed by atoms with Crippen molar-refractivity contribution in [1.29, 1.82) is 0 Å². The Hall–Kier alpha value is -1.74. The van der Waals surface area contributed by atoms with Gasteiger partial charge in [0.25, 0.3) is 5.91 Å². The average Bonchev–Trinajstić information content (AvgIpc) is 3.39. The molecule has 1 atom stereocenters. The van der Waals surface area contributed by atoms with Crippen molar-refractivity contribution in [2.75, 3.05) is 25.0 Å². The molecule has 0 radical (unpaired) electrons. The van der Waals surface area contributed by atoms with E-state index < -0.39 is 5.91 Å². The third kappa shape index (κ3) is 4.46. The van der Waals surface area contributed by atoms with Crippen LogP contribution in [0, 0.1) is 0 Å². The van der Waals surface area contributed by atoms with Crippen molar-refractivity contribution in [3.8, 4) is 0 Å². The van der Waals surface area contributed by atoms with Gasteiger partial charge in [0.2, 0.25) is 5.91 Å². The van der Waals surface area contributed by atoms with Gasteiger partial charge in [-0.15, -0.1) is 22.7 Å².